The molecule has 0 bridgehead atoms. The molecule has 0 saturated carbocycles. The summed E-state index contributed by atoms with van der Waals surface area (Å²) in [6.45, 7) is 6.92. The van der Waals surface area contributed by atoms with Gasteiger partial charge in [0, 0.05) is 25.6 Å². The van der Waals surface area contributed by atoms with E-state index in [2.05, 4.69) is 22.2 Å². The number of nitrogens with one attached hydrogen (secondary N) is 1. The van der Waals surface area contributed by atoms with E-state index >= 15 is 0 Å². The summed E-state index contributed by atoms with van der Waals surface area (Å²) in [6.07, 6.45) is 2.66. The molecule has 0 radical (unpaired) electrons. The fourth-order valence-corrected chi connectivity index (χ4v) is 2.02. The van der Waals surface area contributed by atoms with E-state index in [4.69, 9.17) is 11.6 Å². The van der Waals surface area contributed by atoms with Crippen molar-refractivity contribution in [1.29, 1.82) is 0 Å². The van der Waals surface area contributed by atoms with E-state index in [1.54, 1.807) is 0 Å². The summed E-state index contributed by atoms with van der Waals surface area (Å²) >= 11 is 6.14. The highest BCUT2D eigenvalue weighted by molar-refractivity contribution is 6.30. The van der Waals surface area contributed by atoms with Crippen LogP contribution in [0.2, 0.25) is 5.15 Å². The molecule has 5 nitrogen and oxygen atoms in total. The van der Waals surface area contributed by atoms with Crippen molar-refractivity contribution in [2.45, 2.75) is 40.0 Å². The van der Waals surface area contributed by atoms with Crippen molar-refractivity contribution in [3.63, 3.8) is 0 Å². The van der Waals surface area contributed by atoms with Gasteiger partial charge in [-0.3, -0.25) is 4.79 Å². The largest absolute Gasteiger partial charge is 0.355 e. The Bertz CT molecular complexity index is 465. The van der Waals surface area contributed by atoms with E-state index in [0.29, 0.717) is 11.7 Å². The number of aromatic nitrogens is 2. The van der Waals surface area contributed by atoms with Crippen molar-refractivity contribution in [3.8, 4) is 0 Å². The predicted octanol–water partition coefficient (Wildman–Crippen LogP) is 2.35. The Kier molecular flexibility index (Phi) is 6.71. The second kappa shape index (κ2) is 8.04. The Morgan fingerprint density at radius 1 is 1.30 bits per heavy atom. The van der Waals surface area contributed by atoms with Gasteiger partial charge < -0.3 is 10.2 Å². The summed E-state index contributed by atoms with van der Waals surface area (Å²) in [5.74, 6) is 1.43. The van der Waals surface area contributed by atoms with Gasteiger partial charge in [0.2, 0.25) is 5.91 Å². The minimum absolute atomic E-state index is 0.0134. The van der Waals surface area contributed by atoms with Gasteiger partial charge in [0.1, 0.15) is 16.8 Å². The van der Waals surface area contributed by atoms with Crippen LogP contribution in [0.15, 0.2) is 0 Å². The van der Waals surface area contributed by atoms with E-state index < -0.39 is 0 Å². The van der Waals surface area contributed by atoms with Crippen LogP contribution in [0.5, 0.6) is 0 Å². The van der Waals surface area contributed by atoms with Gasteiger partial charge in [-0.05, 0) is 19.8 Å². The van der Waals surface area contributed by atoms with E-state index in [0.717, 1.165) is 36.5 Å². The Balaban J connectivity index is 2.85. The lowest BCUT2D eigenvalue weighted by Gasteiger charge is -2.20. The first-order valence-corrected chi connectivity index (χ1v) is 7.38. The summed E-state index contributed by atoms with van der Waals surface area (Å²) in [6, 6.07) is 0. The topological polar surface area (TPSA) is 58.1 Å². The smallest absolute Gasteiger partial charge is 0.239 e. The SMILES string of the molecule is CCCNC(=O)CN(C)c1nc(CCC)nc(Cl)c1C. The Hall–Kier alpha value is -1.36. The molecule has 1 aromatic heterocycles. The van der Waals surface area contributed by atoms with Gasteiger partial charge in [-0.15, -0.1) is 0 Å². The van der Waals surface area contributed by atoms with E-state index in [1.807, 2.05) is 25.8 Å². The normalized spacial score (nSPS) is 10.4. The van der Waals surface area contributed by atoms with Crippen LogP contribution < -0.4 is 10.2 Å². The van der Waals surface area contributed by atoms with Crippen LogP contribution in [0, 0.1) is 6.92 Å². The van der Waals surface area contributed by atoms with Crippen LogP contribution in [-0.4, -0.2) is 36.0 Å². The molecular weight excluding hydrogens is 276 g/mol. The first kappa shape index (κ1) is 16.7. The second-order valence-corrected chi connectivity index (χ2v) is 5.19. The molecule has 1 amide bonds. The number of amides is 1. The number of hydrogen-bond donors (Lipinski definition) is 1. The lowest BCUT2D eigenvalue weighted by Crippen LogP contribution is -2.36. The Morgan fingerprint density at radius 2 is 2.00 bits per heavy atom. The van der Waals surface area contributed by atoms with Crippen LogP contribution in [0.1, 0.15) is 38.1 Å². The quantitative estimate of drug-likeness (QED) is 0.785. The number of anilines is 1. The van der Waals surface area contributed by atoms with Crippen LogP contribution in [0.4, 0.5) is 5.82 Å². The highest BCUT2D eigenvalue weighted by atomic mass is 35.5. The lowest BCUT2D eigenvalue weighted by atomic mass is 10.2. The van der Waals surface area contributed by atoms with E-state index in [-0.39, 0.29) is 12.5 Å². The zero-order valence-electron chi connectivity index (χ0n) is 12.7. The van der Waals surface area contributed by atoms with Gasteiger partial charge in [0.15, 0.2) is 0 Å². The van der Waals surface area contributed by atoms with Crippen LogP contribution in [0.3, 0.4) is 0 Å². The van der Waals surface area contributed by atoms with Gasteiger partial charge in [0.25, 0.3) is 0 Å². The van der Waals surface area contributed by atoms with Crippen LogP contribution in [0.25, 0.3) is 0 Å². The summed E-state index contributed by atoms with van der Waals surface area (Å²) < 4.78 is 0. The summed E-state index contributed by atoms with van der Waals surface area (Å²) in [4.78, 5) is 22.3. The molecule has 1 N–H and O–H groups in total. The molecule has 1 rings (SSSR count). The third kappa shape index (κ3) is 4.63. The Labute approximate surface area is 125 Å². The fourth-order valence-electron chi connectivity index (χ4n) is 1.84. The molecule has 0 unspecified atom stereocenters. The maximum Gasteiger partial charge on any atom is 0.239 e. The molecule has 0 aliphatic heterocycles. The third-order valence-corrected chi connectivity index (χ3v) is 3.26. The van der Waals surface area contributed by atoms with Crippen LogP contribution >= 0.6 is 11.6 Å². The molecule has 0 atom stereocenters. The number of carbonyl (C=O) groups excluding carboxylic acids is 1. The number of hydrogen-bond acceptors (Lipinski definition) is 4. The van der Waals surface area contributed by atoms with Crippen molar-refractivity contribution in [2.24, 2.45) is 0 Å². The molecular formula is C14H23ClN4O. The zero-order chi connectivity index (χ0) is 15.1. The number of carbonyl (C=O) groups is 1. The van der Waals surface area contributed by atoms with Crippen molar-refractivity contribution in [3.05, 3.63) is 16.5 Å². The molecule has 0 aromatic carbocycles. The minimum atomic E-state index is -0.0134. The molecule has 0 saturated heterocycles. The van der Waals surface area contributed by atoms with Crippen molar-refractivity contribution in [2.75, 3.05) is 25.0 Å². The van der Waals surface area contributed by atoms with Crippen LogP contribution in [-0.2, 0) is 11.2 Å². The molecule has 0 fully saturated rings. The second-order valence-electron chi connectivity index (χ2n) is 4.84. The summed E-state index contributed by atoms with van der Waals surface area (Å²) in [5, 5.41) is 3.31. The molecule has 112 valence electrons. The standard InChI is InChI=1S/C14H23ClN4O/c1-5-7-11-17-13(15)10(3)14(18-11)19(4)9-12(20)16-8-6-2/h5-9H2,1-4H3,(H,16,20). The maximum absolute atomic E-state index is 11.8. The van der Waals surface area contributed by atoms with E-state index in [9.17, 15) is 4.79 Å². The van der Waals surface area contributed by atoms with Crippen molar-refractivity contribution in [1.82, 2.24) is 15.3 Å². The third-order valence-electron chi connectivity index (χ3n) is 2.90. The first-order valence-electron chi connectivity index (χ1n) is 7.00. The molecule has 1 heterocycles. The van der Waals surface area contributed by atoms with Gasteiger partial charge >= 0.3 is 0 Å². The summed E-state index contributed by atoms with van der Waals surface area (Å²) in [7, 11) is 1.84. The molecule has 0 aliphatic carbocycles. The van der Waals surface area contributed by atoms with Gasteiger partial charge in [-0.2, -0.15) is 0 Å². The highest BCUT2D eigenvalue weighted by Crippen LogP contribution is 2.22. The van der Waals surface area contributed by atoms with E-state index in [1.165, 1.54) is 0 Å². The molecule has 0 spiro atoms. The molecule has 1 aromatic rings. The maximum atomic E-state index is 11.8. The molecule has 6 heteroatoms. The molecule has 20 heavy (non-hydrogen) atoms. The number of halogens is 1. The van der Waals surface area contributed by atoms with Gasteiger partial charge in [-0.1, -0.05) is 25.4 Å². The highest BCUT2D eigenvalue weighted by Gasteiger charge is 2.15. The number of likely N-dealkylation sites (N-methyl/N-ethyl adjacent to an activating group) is 1. The number of rotatable bonds is 7. The number of aryl methyl sites for hydroxylation is 1. The zero-order valence-corrected chi connectivity index (χ0v) is 13.4. The van der Waals surface area contributed by atoms with Gasteiger partial charge in [-0.25, -0.2) is 9.97 Å². The monoisotopic (exact) mass is 298 g/mol. The average molecular weight is 299 g/mol. The lowest BCUT2D eigenvalue weighted by molar-refractivity contribution is -0.119. The summed E-state index contributed by atoms with van der Waals surface area (Å²) in [5.41, 5.74) is 0.803. The predicted molar refractivity (Wildman–Crippen MR) is 82.3 cm³/mol. The number of nitrogens with zero attached hydrogens (tertiary/aromatic N) is 3. The average Bonchev–Trinajstić information content (AvgIpc) is 2.40. The fraction of sp³-hybridized carbons (Fsp3) is 0.643. The van der Waals surface area contributed by atoms with Crippen molar-refractivity contribution < 1.29 is 4.79 Å². The van der Waals surface area contributed by atoms with Gasteiger partial charge in [0.05, 0.1) is 6.54 Å². The Morgan fingerprint density at radius 3 is 2.60 bits per heavy atom. The van der Waals surface area contributed by atoms with Crippen molar-refractivity contribution >= 4 is 23.3 Å². The minimum Gasteiger partial charge on any atom is -0.355 e. The molecule has 0 aliphatic rings. The first-order chi connectivity index (χ1) is 9.49.